The summed E-state index contributed by atoms with van der Waals surface area (Å²) in [6.45, 7) is 2.87. The molecule has 116 valence electrons. The van der Waals surface area contributed by atoms with Gasteiger partial charge in [-0.3, -0.25) is 0 Å². The molecule has 4 heteroatoms. The van der Waals surface area contributed by atoms with Crippen molar-refractivity contribution in [1.29, 1.82) is 0 Å². The first-order valence-electron chi connectivity index (χ1n) is 7.92. The van der Waals surface area contributed by atoms with Crippen LogP contribution < -0.4 is 5.32 Å². The van der Waals surface area contributed by atoms with E-state index >= 15 is 0 Å². The number of benzene rings is 1. The summed E-state index contributed by atoms with van der Waals surface area (Å²) in [5.41, 5.74) is 2.03. The van der Waals surface area contributed by atoms with E-state index < -0.39 is 0 Å². The normalized spacial score (nSPS) is 18.8. The zero-order chi connectivity index (χ0) is 15.4. The first-order chi connectivity index (χ1) is 10.7. The molecule has 1 saturated heterocycles. The zero-order valence-corrected chi connectivity index (χ0v) is 13.7. The van der Waals surface area contributed by atoms with Crippen LogP contribution in [-0.4, -0.2) is 17.5 Å². The minimum Gasteiger partial charge on any atom is -0.317 e. The Hall–Kier alpha value is -1.81. The van der Waals surface area contributed by atoms with Gasteiger partial charge in [-0.1, -0.05) is 31.0 Å². The van der Waals surface area contributed by atoms with Gasteiger partial charge in [-0.15, -0.1) is 11.3 Å². The fraction of sp³-hybridized carbons (Fsp3) is 0.389. The first-order valence-corrected chi connectivity index (χ1v) is 8.80. The van der Waals surface area contributed by atoms with Gasteiger partial charge in [-0.05, 0) is 48.9 Å². The van der Waals surface area contributed by atoms with Crippen molar-refractivity contribution in [3.8, 4) is 0 Å². The van der Waals surface area contributed by atoms with E-state index in [0.29, 0.717) is 0 Å². The second-order valence-corrected chi connectivity index (χ2v) is 6.85. The summed E-state index contributed by atoms with van der Waals surface area (Å²) in [4.78, 5) is 16.1. The van der Waals surface area contributed by atoms with Crippen LogP contribution in [0.1, 0.15) is 42.2 Å². The molecule has 2 heterocycles. The Morgan fingerprint density at radius 3 is 2.91 bits per heavy atom. The summed E-state index contributed by atoms with van der Waals surface area (Å²) in [7, 11) is 0. The first kappa shape index (κ1) is 15.1. The Kier molecular flexibility index (Phi) is 4.78. The third kappa shape index (κ3) is 3.50. The lowest BCUT2D eigenvalue weighted by Gasteiger charge is -2.29. The summed E-state index contributed by atoms with van der Waals surface area (Å²) in [6, 6.07) is 12.4. The van der Waals surface area contributed by atoms with Crippen LogP contribution in [0.3, 0.4) is 0 Å². The minimum absolute atomic E-state index is 0.0194. The smallest absolute Gasteiger partial charge is 0.317 e. The number of aryl methyl sites for hydroxylation is 1. The van der Waals surface area contributed by atoms with Gasteiger partial charge in [0.1, 0.15) is 0 Å². The highest BCUT2D eigenvalue weighted by Gasteiger charge is 2.27. The maximum atomic E-state index is 12.8. The Morgan fingerprint density at radius 2 is 2.14 bits per heavy atom. The molecule has 3 nitrogen and oxygen atoms in total. The van der Waals surface area contributed by atoms with E-state index in [-0.39, 0.29) is 12.1 Å². The molecule has 22 heavy (non-hydrogen) atoms. The number of urea groups is 1. The molecule has 1 aromatic carbocycles. The van der Waals surface area contributed by atoms with Crippen LogP contribution in [0.15, 0.2) is 41.8 Å². The molecular weight excluding hydrogens is 292 g/mol. The van der Waals surface area contributed by atoms with E-state index in [1.165, 1.54) is 17.7 Å². The summed E-state index contributed by atoms with van der Waals surface area (Å²) < 4.78 is 0. The Bertz CT molecular complexity index is 624. The van der Waals surface area contributed by atoms with Crippen LogP contribution in [0, 0.1) is 6.92 Å². The van der Waals surface area contributed by atoms with Crippen LogP contribution >= 0.6 is 11.3 Å². The number of carbonyl (C=O) groups is 1. The van der Waals surface area contributed by atoms with Crippen molar-refractivity contribution < 1.29 is 4.79 Å². The lowest BCUT2D eigenvalue weighted by molar-refractivity contribution is 0.190. The minimum atomic E-state index is 0.0194. The fourth-order valence-electron chi connectivity index (χ4n) is 3.05. The highest BCUT2D eigenvalue weighted by atomic mass is 32.1. The van der Waals surface area contributed by atoms with Gasteiger partial charge in [0, 0.05) is 17.1 Å². The fourth-order valence-corrected chi connectivity index (χ4v) is 3.92. The molecule has 1 aliphatic rings. The molecule has 2 aromatic rings. The summed E-state index contributed by atoms with van der Waals surface area (Å²) >= 11 is 1.75. The highest BCUT2D eigenvalue weighted by Crippen LogP contribution is 2.33. The number of nitrogens with zero attached hydrogens (tertiary/aromatic N) is 1. The average Bonchev–Trinajstić information content (AvgIpc) is 2.91. The van der Waals surface area contributed by atoms with E-state index in [4.69, 9.17) is 0 Å². The van der Waals surface area contributed by atoms with Gasteiger partial charge >= 0.3 is 6.03 Å². The van der Waals surface area contributed by atoms with Crippen molar-refractivity contribution in [2.45, 2.75) is 38.6 Å². The van der Waals surface area contributed by atoms with Crippen LogP contribution in [0.2, 0.25) is 0 Å². The molecule has 1 aromatic heterocycles. The number of hydrogen-bond acceptors (Lipinski definition) is 2. The molecule has 0 bridgehead atoms. The van der Waals surface area contributed by atoms with Crippen molar-refractivity contribution >= 4 is 23.1 Å². The van der Waals surface area contributed by atoms with Gasteiger partial charge in [0.15, 0.2) is 0 Å². The van der Waals surface area contributed by atoms with Gasteiger partial charge in [0.05, 0.1) is 6.04 Å². The quantitative estimate of drug-likeness (QED) is 0.811. The Labute approximate surface area is 136 Å². The number of hydrogen-bond donors (Lipinski definition) is 1. The summed E-state index contributed by atoms with van der Waals surface area (Å²) in [5, 5.41) is 5.16. The molecular formula is C18H22N2OS. The van der Waals surface area contributed by atoms with Crippen LogP contribution in [-0.2, 0) is 0 Å². The zero-order valence-electron chi connectivity index (χ0n) is 12.9. The SMILES string of the molecule is Cc1cccc(NC(=O)N2CCCCCC2c2cccs2)c1. The second kappa shape index (κ2) is 6.97. The number of anilines is 1. The molecule has 1 unspecified atom stereocenters. The number of nitrogens with one attached hydrogen (secondary N) is 1. The predicted octanol–water partition coefficient (Wildman–Crippen LogP) is 5.21. The van der Waals surface area contributed by atoms with Crippen LogP contribution in [0.5, 0.6) is 0 Å². The molecule has 1 aliphatic heterocycles. The number of thiophene rings is 1. The molecule has 2 amide bonds. The molecule has 1 atom stereocenters. The van der Waals surface area contributed by atoms with E-state index in [0.717, 1.165) is 30.6 Å². The van der Waals surface area contributed by atoms with Crippen LogP contribution in [0.25, 0.3) is 0 Å². The maximum Gasteiger partial charge on any atom is 0.322 e. The van der Waals surface area contributed by atoms with Gasteiger partial charge in [0.25, 0.3) is 0 Å². The molecule has 3 rings (SSSR count). The highest BCUT2D eigenvalue weighted by molar-refractivity contribution is 7.10. The summed E-state index contributed by atoms with van der Waals surface area (Å²) in [5.74, 6) is 0. The van der Waals surface area contributed by atoms with Crippen molar-refractivity contribution in [2.75, 3.05) is 11.9 Å². The van der Waals surface area contributed by atoms with Crippen molar-refractivity contribution in [1.82, 2.24) is 4.90 Å². The van der Waals surface area contributed by atoms with E-state index in [2.05, 4.69) is 22.8 Å². The average molecular weight is 314 g/mol. The number of amides is 2. The van der Waals surface area contributed by atoms with E-state index in [1.807, 2.05) is 36.1 Å². The van der Waals surface area contributed by atoms with Crippen molar-refractivity contribution in [3.05, 3.63) is 52.2 Å². The van der Waals surface area contributed by atoms with Gasteiger partial charge in [-0.25, -0.2) is 4.79 Å². The number of likely N-dealkylation sites (tertiary alicyclic amines) is 1. The standard InChI is InChI=1S/C18H22N2OS/c1-14-7-5-8-15(13-14)19-18(21)20-11-4-2-3-9-16(20)17-10-6-12-22-17/h5-8,10,12-13,16H,2-4,9,11H2,1H3,(H,19,21). The number of carbonyl (C=O) groups excluding carboxylic acids is 1. The van der Waals surface area contributed by atoms with E-state index in [1.54, 1.807) is 11.3 Å². The third-order valence-electron chi connectivity index (χ3n) is 4.15. The molecule has 1 fully saturated rings. The largest absolute Gasteiger partial charge is 0.322 e. The molecule has 0 saturated carbocycles. The molecule has 0 radical (unpaired) electrons. The van der Waals surface area contributed by atoms with Crippen molar-refractivity contribution in [2.24, 2.45) is 0 Å². The topological polar surface area (TPSA) is 32.3 Å². The lowest BCUT2D eigenvalue weighted by atomic mass is 10.1. The lowest BCUT2D eigenvalue weighted by Crippen LogP contribution is -2.37. The molecule has 0 spiro atoms. The van der Waals surface area contributed by atoms with Crippen molar-refractivity contribution in [3.63, 3.8) is 0 Å². The Morgan fingerprint density at radius 1 is 1.23 bits per heavy atom. The molecule has 1 N–H and O–H groups in total. The second-order valence-electron chi connectivity index (χ2n) is 5.87. The number of rotatable bonds is 2. The van der Waals surface area contributed by atoms with Gasteiger partial charge < -0.3 is 10.2 Å². The predicted molar refractivity (Wildman–Crippen MR) is 92.4 cm³/mol. The maximum absolute atomic E-state index is 12.8. The van der Waals surface area contributed by atoms with Gasteiger partial charge in [-0.2, -0.15) is 0 Å². The van der Waals surface area contributed by atoms with E-state index in [9.17, 15) is 4.79 Å². The van der Waals surface area contributed by atoms with Gasteiger partial charge in [0.2, 0.25) is 0 Å². The molecule has 0 aliphatic carbocycles. The monoisotopic (exact) mass is 314 g/mol. The van der Waals surface area contributed by atoms with Crippen LogP contribution in [0.4, 0.5) is 10.5 Å². The summed E-state index contributed by atoms with van der Waals surface area (Å²) in [6.07, 6.45) is 4.54. The third-order valence-corrected chi connectivity index (χ3v) is 5.13. The Balaban J connectivity index is 1.78.